The van der Waals surface area contributed by atoms with Crippen LogP contribution in [-0.2, 0) is 28.9 Å². The minimum absolute atomic E-state index is 0.266. The Morgan fingerprint density at radius 1 is 0.581 bits per heavy atom. The van der Waals surface area contributed by atoms with Gasteiger partial charge >= 0.3 is 10.4 Å². The molecule has 1 aliphatic heterocycles. The summed E-state index contributed by atoms with van der Waals surface area (Å²) in [5.74, 6) is -0.664. The lowest BCUT2D eigenvalue weighted by Gasteiger charge is -2.41. The van der Waals surface area contributed by atoms with E-state index in [1.165, 1.54) is 161 Å². The molecule has 13 nitrogen and oxygen atoms in total. The fraction of sp³-hybridized carbons (Fsp3) is 0.979. The van der Waals surface area contributed by atoms with Gasteiger partial charge in [-0.1, -0.05) is 226 Å². The molecule has 1 fully saturated rings. The number of hydrogen-bond acceptors (Lipinski definition) is 11. The van der Waals surface area contributed by atoms with Crippen LogP contribution in [0.25, 0.3) is 0 Å². The van der Waals surface area contributed by atoms with Gasteiger partial charge in [0.25, 0.3) is 0 Å². The maximum atomic E-state index is 13.2. The summed E-state index contributed by atoms with van der Waals surface area (Å²) in [4.78, 5) is 13.2. The number of ether oxygens (including phenoxy) is 2. The molecule has 14 heteroatoms. The van der Waals surface area contributed by atoms with Gasteiger partial charge in [0.2, 0.25) is 5.91 Å². The summed E-state index contributed by atoms with van der Waals surface area (Å²) >= 11 is 0. The number of carbonyl (C=O) groups is 1. The van der Waals surface area contributed by atoms with E-state index in [1.54, 1.807) is 0 Å². The third kappa shape index (κ3) is 31.1. The summed E-state index contributed by atoms with van der Waals surface area (Å²) in [5.41, 5.74) is 0. The number of aliphatic hydroxyl groups is 5. The standard InChI is InChI=1S/C48H95NO12S/c1-3-5-7-9-11-13-15-17-19-20-21-22-23-25-27-29-31-33-35-37-42(52)47(55)49-40(39-59-48-45(54)46(61-62(56,57)58)44(53)43(38-50)60-48)41(51)36-34-32-30-28-26-24-18-16-14-12-10-8-6-4-2/h40-46,48,50-54H,3-39H2,1-2H3,(H,49,55)(H,56,57,58). The molecule has 1 aliphatic rings. The molecular formula is C48H95NO12S. The summed E-state index contributed by atoms with van der Waals surface area (Å²) < 4.78 is 47.6. The summed E-state index contributed by atoms with van der Waals surface area (Å²) in [7, 11) is -5.11. The highest BCUT2D eigenvalue weighted by atomic mass is 32.3. The van der Waals surface area contributed by atoms with Crippen molar-refractivity contribution < 1.29 is 57.0 Å². The Morgan fingerprint density at radius 3 is 1.29 bits per heavy atom. The van der Waals surface area contributed by atoms with Crippen LogP contribution in [0.3, 0.4) is 0 Å². The Hall–Kier alpha value is -0.940. The van der Waals surface area contributed by atoms with Gasteiger partial charge in [-0.15, -0.1) is 0 Å². The van der Waals surface area contributed by atoms with Crippen molar-refractivity contribution in [2.45, 2.75) is 288 Å². The first-order valence-electron chi connectivity index (χ1n) is 25.5. The van der Waals surface area contributed by atoms with Crippen molar-refractivity contribution in [3.8, 4) is 0 Å². The lowest BCUT2D eigenvalue weighted by Crippen LogP contribution is -2.61. The maximum Gasteiger partial charge on any atom is 0.397 e. The van der Waals surface area contributed by atoms with Crippen LogP contribution < -0.4 is 5.32 Å². The van der Waals surface area contributed by atoms with Crippen LogP contribution in [0, 0.1) is 0 Å². The zero-order chi connectivity index (χ0) is 45.7. The van der Waals surface area contributed by atoms with E-state index in [0.29, 0.717) is 19.3 Å². The van der Waals surface area contributed by atoms with Crippen LogP contribution >= 0.6 is 0 Å². The average molecular weight is 910 g/mol. The van der Waals surface area contributed by atoms with Crippen LogP contribution in [0.5, 0.6) is 0 Å². The van der Waals surface area contributed by atoms with E-state index in [-0.39, 0.29) is 6.42 Å². The largest absolute Gasteiger partial charge is 0.397 e. The number of unbranched alkanes of at least 4 members (excludes halogenated alkanes) is 31. The van der Waals surface area contributed by atoms with E-state index in [9.17, 15) is 43.3 Å². The lowest BCUT2D eigenvalue weighted by atomic mass is 9.99. The molecular weight excluding hydrogens is 815 g/mol. The van der Waals surface area contributed by atoms with Crippen LogP contribution in [-0.4, -0.2) is 107 Å². The molecule has 8 unspecified atom stereocenters. The summed E-state index contributed by atoms with van der Waals surface area (Å²) in [5, 5.41) is 55.5. The molecule has 1 saturated heterocycles. The molecule has 62 heavy (non-hydrogen) atoms. The predicted octanol–water partition coefficient (Wildman–Crippen LogP) is 9.53. The Morgan fingerprint density at radius 2 is 0.935 bits per heavy atom. The Balaban J connectivity index is 2.47. The predicted molar refractivity (Wildman–Crippen MR) is 247 cm³/mol. The summed E-state index contributed by atoms with van der Waals surface area (Å²) in [6.45, 7) is 3.30. The van der Waals surface area contributed by atoms with E-state index in [4.69, 9.17) is 9.47 Å². The van der Waals surface area contributed by atoms with Crippen molar-refractivity contribution in [2.75, 3.05) is 13.2 Å². The minimum Gasteiger partial charge on any atom is -0.394 e. The number of hydrogen-bond donors (Lipinski definition) is 7. The van der Waals surface area contributed by atoms with Crippen molar-refractivity contribution in [1.29, 1.82) is 0 Å². The molecule has 7 N–H and O–H groups in total. The van der Waals surface area contributed by atoms with Crippen LogP contribution in [0.2, 0.25) is 0 Å². The van der Waals surface area contributed by atoms with E-state index < -0.39 is 78.5 Å². The second-order valence-corrected chi connectivity index (χ2v) is 19.3. The highest BCUT2D eigenvalue weighted by molar-refractivity contribution is 7.80. The maximum absolute atomic E-state index is 13.2. The van der Waals surface area contributed by atoms with Gasteiger partial charge in [0.15, 0.2) is 6.29 Å². The van der Waals surface area contributed by atoms with E-state index >= 15 is 0 Å². The second kappa shape index (κ2) is 39.2. The third-order valence-electron chi connectivity index (χ3n) is 12.5. The SMILES string of the molecule is CCCCCCCCCCCCCCCCCCCCCC(O)C(=O)NC(COC1OC(CO)C(O)C(OS(=O)(=O)O)C1O)C(O)CCCCCCCCCCCCCCCC. The molecule has 8 atom stereocenters. The Kier molecular flexibility index (Phi) is 37.4. The number of carbonyl (C=O) groups excluding carboxylic acids is 1. The lowest BCUT2D eigenvalue weighted by molar-refractivity contribution is -0.298. The summed E-state index contributed by atoms with van der Waals surface area (Å²) in [6.07, 6.45) is 30.0. The fourth-order valence-electron chi connectivity index (χ4n) is 8.47. The van der Waals surface area contributed by atoms with Gasteiger partial charge < -0.3 is 40.3 Å². The smallest absolute Gasteiger partial charge is 0.394 e. The molecule has 0 aromatic rings. The molecule has 0 saturated carbocycles. The Labute approximate surface area is 378 Å². The molecule has 0 aromatic carbocycles. The van der Waals surface area contributed by atoms with Gasteiger partial charge in [-0.05, 0) is 12.8 Å². The van der Waals surface area contributed by atoms with E-state index in [1.807, 2.05) is 0 Å². The van der Waals surface area contributed by atoms with Gasteiger partial charge in [0.05, 0.1) is 25.4 Å². The van der Waals surface area contributed by atoms with Crippen LogP contribution in [0.4, 0.5) is 0 Å². The molecule has 0 spiro atoms. The van der Waals surface area contributed by atoms with E-state index in [0.717, 1.165) is 38.5 Å². The van der Waals surface area contributed by atoms with Gasteiger partial charge in [-0.3, -0.25) is 9.35 Å². The zero-order valence-electron chi connectivity index (χ0n) is 39.3. The quantitative estimate of drug-likeness (QED) is 0.0225. The molecule has 0 radical (unpaired) electrons. The first-order valence-corrected chi connectivity index (χ1v) is 26.9. The third-order valence-corrected chi connectivity index (χ3v) is 13.0. The zero-order valence-corrected chi connectivity index (χ0v) is 40.1. The van der Waals surface area contributed by atoms with Gasteiger partial charge in [-0.2, -0.15) is 8.42 Å². The number of rotatable bonds is 44. The van der Waals surface area contributed by atoms with Crippen molar-refractivity contribution in [2.24, 2.45) is 0 Å². The average Bonchev–Trinajstić information content (AvgIpc) is 3.24. The molecule has 370 valence electrons. The van der Waals surface area contributed by atoms with Gasteiger partial charge in [0.1, 0.15) is 30.5 Å². The Bertz CT molecular complexity index is 1130. The van der Waals surface area contributed by atoms with Gasteiger partial charge in [0, 0.05) is 0 Å². The number of aliphatic hydroxyl groups excluding tert-OH is 5. The molecule has 0 bridgehead atoms. The number of amides is 1. The van der Waals surface area contributed by atoms with Crippen LogP contribution in [0.15, 0.2) is 0 Å². The fourth-order valence-corrected chi connectivity index (χ4v) is 8.98. The molecule has 1 rings (SSSR count). The number of nitrogens with one attached hydrogen (secondary N) is 1. The van der Waals surface area contributed by atoms with E-state index in [2.05, 4.69) is 23.3 Å². The van der Waals surface area contributed by atoms with Crippen molar-refractivity contribution in [3.63, 3.8) is 0 Å². The topological polar surface area (TPSA) is 212 Å². The molecule has 0 aliphatic carbocycles. The van der Waals surface area contributed by atoms with Crippen molar-refractivity contribution in [1.82, 2.24) is 5.32 Å². The van der Waals surface area contributed by atoms with Crippen molar-refractivity contribution >= 4 is 16.3 Å². The monoisotopic (exact) mass is 910 g/mol. The van der Waals surface area contributed by atoms with Gasteiger partial charge in [-0.25, -0.2) is 4.18 Å². The molecule has 0 aromatic heterocycles. The highest BCUT2D eigenvalue weighted by Crippen LogP contribution is 2.26. The first kappa shape index (κ1) is 59.1. The molecule has 1 amide bonds. The normalized spacial score (nSPS) is 20.9. The van der Waals surface area contributed by atoms with Crippen LogP contribution in [0.1, 0.15) is 239 Å². The highest BCUT2D eigenvalue weighted by Gasteiger charge is 2.48. The minimum atomic E-state index is -5.11. The molecule has 1 heterocycles. The summed E-state index contributed by atoms with van der Waals surface area (Å²) in [6, 6.07) is -1.03. The second-order valence-electron chi connectivity index (χ2n) is 18.3. The first-order chi connectivity index (χ1) is 29.9. The van der Waals surface area contributed by atoms with Crippen molar-refractivity contribution in [3.05, 3.63) is 0 Å².